The summed E-state index contributed by atoms with van der Waals surface area (Å²) in [7, 11) is 1.22. The van der Waals surface area contributed by atoms with Crippen molar-refractivity contribution in [3.63, 3.8) is 0 Å². The van der Waals surface area contributed by atoms with Gasteiger partial charge in [-0.3, -0.25) is 4.79 Å². The van der Waals surface area contributed by atoms with Crippen molar-refractivity contribution in [3.05, 3.63) is 0 Å². The Bertz CT molecular complexity index is 472. The van der Waals surface area contributed by atoms with Gasteiger partial charge in [-0.05, 0) is 27.7 Å². The third-order valence-corrected chi connectivity index (χ3v) is 3.59. The summed E-state index contributed by atoms with van der Waals surface area (Å²) in [5.74, 6) is -3.04. The van der Waals surface area contributed by atoms with Crippen molar-refractivity contribution < 1.29 is 38.0 Å². The lowest BCUT2D eigenvalue weighted by Gasteiger charge is -2.27. The summed E-state index contributed by atoms with van der Waals surface area (Å²) in [5, 5.41) is 0. The quantitative estimate of drug-likeness (QED) is 0.697. The Balaban J connectivity index is 2.24. The number of carbonyl (C=O) groups is 2. The largest absolute Gasteiger partial charge is 0.466 e. The van der Waals surface area contributed by atoms with E-state index in [-0.39, 0.29) is 6.61 Å². The van der Waals surface area contributed by atoms with Crippen molar-refractivity contribution in [2.45, 2.75) is 70.6 Å². The predicted octanol–water partition coefficient (Wildman–Crippen LogP) is 0.763. The van der Waals surface area contributed by atoms with Gasteiger partial charge < -0.3 is 28.4 Å². The van der Waals surface area contributed by atoms with Crippen LogP contribution in [0.25, 0.3) is 0 Å². The number of hydrogen-bond acceptors (Lipinski definition) is 8. The van der Waals surface area contributed by atoms with Crippen LogP contribution >= 0.6 is 0 Å². The van der Waals surface area contributed by atoms with Crippen molar-refractivity contribution in [2.24, 2.45) is 0 Å². The van der Waals surface area contributed by atoms with Gasteiger partial charge in [-0.15, -0.1) is 0 Å². The van der Waals surface area contributed by atoms with Gasteiger partial charge in [0.15, 0.2) is 11.6 Å². The second kappa shape index (κ2) is 6.35. The fourth-order valence-corrected chi connectivity index (χ4v) is 2.76. The molecule has 8 nitrogen and oxygen atoms in total. The molecule has 0 aromatic rings. The molecule has 0 saturated carbocycles. The molecule has 0 aromatic carbocycles. The molecule has 8 heteroatoms. The first kappa shape index (κ1) is 18.1. The highest BCUT2D eigenvalue weighted by atomic mass is 16.8. The minimum absolute atomic E-state index is 0.279. The molecular weight excluding hydrogens is 308 g/mol. The SMILES string of the molecule is COC(=O)[C@H](OC(C)=O)[C@H]1OC(C)(C)O[C@@H]1[C@H]1COC(C)(C)O1. The van der Waals surface area contributed by atoms with Gasteiger partial charge in [0.2, 0.25) is 6.10 Å². The van der Waals surface area contributed by atoms with E-state index in [1.54, 1.807) is 27.7 Å². The molecule has 132 valence electrons. The molecule has 0 aromatic heterocycles. The number of methoxy groups -OCH3 is 1. The summed E-state index contributed by atoms with van der Waals surface area (Å²) >= 11 is 0. The van der Waals surface area contributed by atoms with Crippen LogP contribution in [0.2, 0.25) is 0 Å². The summed E-state index contributed by atoms with van der Waals surface area (Å²) in [6.45, 7) is 8.48. The highest BCUT2D eigenvalue weighted by Crippen LogP contribution is 2.37. The minimum atomic E-state index is -1.24. The number of ether oxygens (including phenoxy) is 6. The topological polar surface area (TPSA) is 89.5 Å². The van der Waals surface area contributed by atoms with Gasteiger partial charge in [-0.2, -0.15) is 0 Å². The Labute approximate surface area is 135 Å². The third kappa shape index (κ3) is 4.20. The standard InChI is InChI=1S/C15H24O8/c1-8(16)20-12(13(17)18-6)11-10(22-15(4,5)23-11)9-7-19-14(2,3)21-9/h9-12H,7H2,1-6H3/t9-,10-,11+,12-/m1/s1. The molecule has 2 aliphatic heterocycles. The summed E-state index contributed by atoms with van der Waals surface area (Å²) < 4.78 is 32.8. The molecule has 2 aliphatic rings. The molecule has 4 atom stereocenters. The Kier molecular flexibility index (Phi) is 5.00. The van der Waals surface area contributed by atoms with Gasteiger partial charge in [0.25, 0.3) is 0 Å². The summed E-state index contributed by atoms with van der Waals surface area (Å²) in [4.78, 5) is 23.4. The fraction of sp³-hybridized carbons (Fsp3) is 0.867. The van der Waals surface area contributed by atoms with Gasteiger partial charge in [0.1, 0.15) is 18.3 Å². The Hall–Kier alpha value is -1.22. The lowest BCUT2D eigenvalue weighted by Crippen LogP contribution is -2.49. The van der Waals surface area contributed by atoms with Crippen molar-refractivity contribution in [3.8, 4) is 0 Å². The summed E-state index contributed by atoms with van der Waals surface area (Å²) in [6, 6.07) is 0. The zero-order valence-electron chi connectivity index (χ0n) is 14.3. The maximum atomic E-state index is 12.0. The second-order valence-corrected chi connectivity index (χ2v) is 6.49. The van der Waals surface area contributed by atoms with E-state index < -0.39 is 47.9 Å². The molecule has 2 heterocycles. The fourth-order valence-electron chi connectivity index (χ4n) is 2.76. The smallest absolute Gasteiger partial charge is 0.350 e. The number of rotatable bonds is 4. The molecule has 0 radical (unpaired) electrons. The van der Waals surface area contributed by atoms with Gasteiger partial charge in [-0.1, -0.05) is 0 Å². The molecule has 0 unspecified atom stereocenters. The Morgan fingerprint density at radius 2 is 1.74 bits per heavy atom. The van der Waals surface area contributed by atoms with E-state index in [4.69, 9.17) is 28.4 Å². The van der Waals surface area contributed by atoms with Crippen LogP contribution in [0.5, 0.6) is 0 Å². The monoisotopic (exact) mass is 332 g/mol. The summed E-state index contributed by atoms with van der Waals surface area (Å²) in [5.41, 5.74) is 0. The van der Waals surface area contributed by atoms with Crippen LogP contribution in [0.1, 0.15) is 34.6 Å². The van der Waals surface area contributed by atoms with Crippen LogP contribution in [0, 0.1) is 0 Å². The van der Waals surface area contributed by atoms with Crippen LogP contribution in [0.4, 0.5) is 0 Å². The van der Waals surface area contributed by atoms with Gasteiger partial charge in [0, 0.05) is 6.92 Å². The van der Waals surface area contributed by atoms with E-state index in [1.807, 2.05) is 0 Å². The van der Waals surface area contributed by atoms with E-state index in [0.717, 1.165) is 0 Å². The predicted molar refractivity (Wildman–Crippen MR) is 76.3 cm³/mol. The van der Waals surface area contributed by atoms with Gasteiger partial charge >= 0.3 is 11.9 Å². The maximum absolute atomic E-state index is 12.0. The van der Waals surface area contributed by atoms with Crippen LogP contribution in [-0.4, -0.2) is 61.6 Å². The average Bonchev–Trinajstić information content (AvgIpc) is 2.94. The lowest BCUT2D eigenvalue weighted by molar-refractivity contribution is -0.183. The first-order chi connectivity index (χ1) is 10.5. The number of hydrogen-bond donors (Lipinski definition) is 0. The molecule has 0 N–H and O–H groups in total. The molecular formula is C15H24O8. The van der Waals surface area contributed by atoms with E-state index in [9.17, 15) is 9.59 Å². The van der Waals surface area contributed by atoms with Crippen molar-refractivity contribution in [2.75, 3.05) is 13.7 Å². The lowest BCUT2D eigenvalue weighted by atomic mass is 10.0. The minimum Gasteiger partial charge on any atom is -0.466 e. The highest BCUT2D eigenvalue weighted by Gasteiger charge is 2.55. The molecule has 0 bridgehead atoms. The molecule has 2 rings (SSSR count). The zero-order chi connectivity index (χ0) is 17.4. The van der Waals surface area contributed by atoms with Crippen molar-refractivity contribution in [1.29, 1.82) is 0 Å². The van der Waals surface area contributed by atoms with Crippen LogP contribution < -0.4 is 0 Å². The van der Waals surface area contributed by atoms with Crippen molar-refractivity contribution in [1.82, 2.24) is 0 Å². The van der Waals surface area contributed by atoms with Crippen LogP contribution in [-0.2, 0) is 38.0 Å². The van der Waals surface area contributed by atoms with E-state index in [0.29, 0.717) is 0 Å². The average molecular weight is 332 g/mol. The van der Waals surface area contributed by atoms with Gasteiger partial charge in [0.05, 0.1) is 13.7 Å². The van der Waals surface area contributed by atoms with E-state index in [2.05, 4.69) is 0 Å². The molecule has 0 aliphatic carbocycles. The third-order valence-electron chi connectivity index (χ3n) is 3.59. The first-order valence-electron chi connectivity index (χ1n) is 7.47. The summed E-state index contributed by atoms with van der Waals surface area (Å²) in [6.07, 6.45) is -3.20. The van der Waals surface area contributed by atoms with Crippen LogP contribution in [0.3, 0.4) is 0 Å². The maximum Gasteiger partial charge on any atom is 0.350 e. The molecule has 23 heavy (non-hydrogen) atoms. The second-order valence-electron chi connectivity index (χ2n) is 6.49. The van der Waals surface area contributed by atoms with Crippen molar-refractivity contribution >= 4 is 11.9 Å². The highest BCUT2D eigenvalue weighted by molar-refractivity contribution is 5.79. The number of carbonyl (C=O) groups excluding carboxylic acids is 2. The molecule has 0 amide bonds. The Morgan fingerprint density at radius 3 is 2.22 bits per heavy atom. The van der Waals surface area contributed by atoms with Gasteiger partial charge in [-0.25, -0.2) is 4.79 Å². The first-order valence-corrected chi connectivity index (χ1v) is 7.47. The van der Waals surface area contributed by atoms with E-state index >= 15 is 0 Å². The zero-order valence-corrected chi connectivity index (χ0v) is 14.3. The Morgan fingerprint density at radius 1 is 1.09 bits per heavy atom. The molecule has 2 fully saturated rings. The van der Waals surface area contributed by atoms with Crippen LogP contribution in [0.15, 0.2) is 0 Å². The normalized spacial score (nSPS) is 33.2. The van der Waals surface area contributed by atoms with E-state index in [1.165, 1.54) is 14.0 Å². The molecule has 2 saturated heterocycles. The molecule has 0 spiro atoms. The number of esters is 2.